The second-order valence-electron chi connectivity index (χ2n) is 7.11. The first-order valence-electron chi connectivity index (χ1n) is 7.34. The summed E-state index contributed by atoms with van der Waals surface area (Å²) in [6.07, 6.45) is 0. The molecule has 0 radical (unpaired) electrons. The van der Waals surface area contributed by atoms with Crippen molar-refractivity contribution in [3.8, 4) is 17.1 Å². The molecule has 0 spiro atoms. The van der Waals surface area contributed by atoms with Crippen LogP contribution in [0.2, 0.25) is 18.1 Å². The van der Waals surface area contributed by atoms with Crippen LogP contribution in [-0.2, 0) is 0 Å². The molecular weight excluding hydrogens is 278 g/mol. The van der Waals surface area contributed by atoms with Crippen LogP contribution in [0, 0.1) is 13.8 Å². The zero-order chi connectivity index (χ0) is 15.8. The lowest BCUT2D eigenvalue weighted by molar-refractivity contribution is 0.426. The second kappa shape index (κ2) is 5.33. The van der Waals surface area contributed by atoms with Crippen LogP contribution >= 0.6 is 0 Å². The minimum absolute atomic E-state index is 0.199. The van der Waals surface area contributed by atoms with Crippen LogP contribution in [0.3, 0.4) is 0 Å². The summed E-state index contributed by atoms with van der Waals surface area (Å²) in [6, 6.07) is 8.12. The first-order valence-corrected chi connectivity index (χ1v) is 10.2. The highest BCUT2D eigenvalue weighted by atomic mass is 28.4. The number of rotatable bonds is 3. The molecule has 2 rings (SSSR count). The van der Waals surface area contributed by atoms with E-state index in [0.717, 1.165) is 28.3 Å². The Balaban J connectivity index is 2.22. The van der Waals surface area contributed by atoms with Crippen molar-refractivity contribution in [3.05, 3.63) is 35.5 Å². The van der Waals surface area contributed by atoms with Crippen molar-refractivity contribution >= 4 is 8.32 Å². The molecule has 0 unspecified atom stereocenters. The van der Waals surface area contributed by atoms with Crippen LogP contribution in [0.25, 0.3) is 11.3 Å². The molecule has 0 bridgehead atoms. The number of nitrogens with zero attached hydrogens (tertiary/aromatic N) is 1. The molecule has 0 aliphatic heterocycles. The minimum Gasteiger partial charge on any atom is -0.544 e. The summed E-state index contributed by atoms with van der Waals surface area (Å²) in [7, 11) is -1.78. The molecule has 21 heavy (non-hydrogen) atoms. The maximum atomic E-state index is 6.29. The first kappa shape index (κ1) is 15.8. The number of benzene rings is 1. The van der Waals surface area contributed by atoms with Crippen molar-refractivity contribution < 1.29 is 8.95 Å². The number of aryl methyl sites for hydroxylation is 1. The van der Waals surface area contributed by atoms with Crippen molar-refractivity contribution in [1.82, 2.24) is 5.16 Å². The van der Waals surface area contributed by atoms with Crippen molar-refractivity contribution in [3.63, 3.8) is 0 Å². The van der Waals surface area contributed by atoms with Crippen molar-refractivity contribution in [2.75, 3.05) is 0 Å². The van der Waals surface area contributed by atoms with Gasteiger partial charge in [0.2, 0.25) is 8.32 Å². The van der Waals surface area contributed by atoms with Gasteiger partial charge in [-0.05, 0) is 56.2 Å². The third-order valence-electron chi connectivity index (χ3n) is 4.45. The largest absolute Gasteiger partial charge is 0.544 e. The quantitative estimate of drug-likeness (QED) is 0.718. The topological polar surface area (TPSA) is 35.3 Å². The molecule has 1 heterocycles. The van der Waals surface area contributed by atoms with Crippen molar-refractivity contribution in [2.24, 2.45) is 0 Å². The maximum Gasteiger partial charge on any atom is 0.250 e. The van der Waals surface area contributed by atoms with Crippen LogP contribution < -0.4 is 4.43 Å². The highest BCUT2D eigenvalue weighted by Crippen LogP contribution is 2.37. The fraction of sp³-hybridized carbons (Fsp3) is 0.471. The van der Waals surface area contributed by atoms with E-state index < -0.39 is 8.32 Å². The number of hydrogen-bond donors (Lipinski definition) is 0. The summed E-state index contributed by atoms with van der Waals surface area (Å²) >= 11 is 0. The molecule has 0 saturated heterocycles. The van der Waals surface area contributed by atoms with Gasteiger partial charge in [-0.25, -0.2) is 0 Å². The number of hydrogen-bond acceptors (Lipinski definition) is 3. The van der Waals surface area contributed by atoms with Crippen LogP contribution in [0.1, 0.15) is 32.0 Å². The predicted octanol–water partition coefficient (Wildman–Crippen LogP) is 5.34. The molecule has 1 aromatic heterocycles. The second-order valence-corrected chi connectivity index (χ2v) is 11.8. The average Bonchev–Trinajstić information content (AvgIpc) is 2.69. The SMILES string of the molecule is Cc1noc(-c2ccc(O[Si](C)(C)C(C)(C)C)cc2)c1C. The Hall–Kier alpha value is -1.55. The van der Waals surface area contributed by atoms with Gasteiger partial charge in [-0.15, -0.1) is 0 Å². The monoisotopic (exact) mass is 303 g/mol. The molecule has 4 heteroatoms. The van der Waals surface area contributed by atoms with E-state index in [-0.39, 0.29) is 5.04 Å². The standard InChI is InChI=1S/C17H25NO2Si/c1-12-13(2)18-19-16(12)14-8-10-15(11-9-14)20-21(6,7)17(3,4)5/h8-11H,1-7H3. The summed E-state index contributed by atoms with van der Waals surface area (Å²) in [6.45, 7) is 15.2. The van der Waals surface area contributed by atoms with Crippen LogP contribution in [-0.4, -0.2) is 13.5 Å². The fourth-order valence-corrected chi connectivity index (χ4v) is 2.84. The predicted molar refractivity (Wildman–Crippen MR) is 89.2 cm³/mol. The molecule has 0 amide bonds. The zero-order valence-corrected chi connectivity index (χ0v) is 15.1. The molecule has 0 N–H and O–H groups in total. The van der Waals surface area contributed by atoms with Gasteiger partial charge in [-0.3, -0.25) is 0 Å². The summed E-state index contributed by atoms with van der Waals surface area (Å²) in [5.41, 5.74) is 3.07. The first-order chi connectivity index (χ1) is 9.62. The summed E-state index contributed by atoms with van der Waals surface area (Å²) in [5, 5.41) is 4.21. The number of aromatic nitrogens is 1. The molecule has 114 valence electrons. The van der Waals surface area contributed by atoms with E-state index in [9.17, 15) is 0 Å². The molecule has 0 fully saturated rings. The van der Waals surface area contributed by atoms with Gasteiger partial charge in [-0.2, -0.15) is 0 Å². The van der Waals surface area contributed by atoms with Crippen LogP contribution in [0.5, 0.6) is 5.75 Å². The van der Waals surface area contributed by atoms with Gasteiger partial charge in [-0.1, -0.05) is 25.9 Å². The molecular formula is C17H25NO2Si. The van der Waals surface area contributed by atoms with Crippen molar-refractivity contribution in [1.29, 1.82) is 0 Å². The lowest BCUT2D eigenvalue weighted by Crippen LogP contribution is -2.43. The molecule has 2 aromatic rings. The Morgan fingerprint density at radius 2 is 1.62 bits per heavy atom. The summed E-state index contributed by atoms with van der Waals surface area (Å²) in [5.74, 6) is 1.77. The van der Waals surface area contributed by atoms with Gasteiger partial charge < -0.3 is 8.95 Å². The smallest absolute Gasteiger partial charge is 0.250 e. The summed E-state index contributed by atoms with van der Waals surface area (Å²) < 4.78 is 11.7. The molecule has 1 aromatic carbocycles. The molecule has 0 aliphatic carbocycles. The summed E-state index contributed by atoms with van der Waals surface area (Å²) in [4.78, 5) is 0. The highest BCUT2D eigenvalue weighted by Gasteiger charge is 2.38. The van der Waals surface area contributed by atoms with E-state index >= 15 is 0 Å². The maximum absolute atomic E-state index is 6.29. The molecule has 0 saturated carbocycles. The Labute approximate surface area is 128 Å². The normalized spacial score (nSPS) is 12.5. The highest BCUT2D eigenvalue weighted by molar-refractivity contribution is 6.74. The molecule has 0 atom stereocenters. The fourth-order valence-electron chi connectivity index (χ4n) is 1.81. The van der Waals surface area contributed by atoms with Gasteiger partial charge in [0, 0.05) is 11.1 Å². The lowest BCUT2D eigenvalue weighted by Gasteiger charge is -2.36. The Kier molecular flexibility index (Phi) is 4.02. The molecule has 0 aliphatic rings. The average molecular weight is 303 g/mol. The molecule has 3 nitrogen and oxygen atoms in total. The van der Waals surface area contributed by atoms with Gasteiger partial charge in [0.15, 0.2) is 5.76 Å². The van der Waals surface area contributed by atoms with E-state index in [1.807, 2.05) is 38.1 Å². The third kappa shape index (κ3) is 3.21. The van der Waals surface area contributed by atoms with E-state index in [0.29, 0.717) is 0 Å². The van der Waals surface area contributed by atoms with E-state index in [1.165, 1.54) is 0 Å². The van der Waals surface area contributed by atoms with Crippen molar-refractivity contribution in [2.45, 2.75) is 52.8 Å². The third-order valence-corrected chi connectivity index (χ3v) is 8.81. The Bertz CT molecular complexity index is 621. The van der Waals surface area contributed by atoms with E-state index in [2.05, 4.69) is 39.0 Å². The lowest BCUT2D eigenvalue weighted by atomic mass is 10.1. The minimum atomic E-state index is -1.78. The van der Waals surface area contributed by atoms with Gasteiger partial charge in [0.25, 0.3) is 0 Å². The van der Waals surface area contributed by atoms with Crippen LogP contribution in [0.4, 0.5) is 0 Å². The van der Waals surface area contributed by atoms with Crippen LogP contribution in [0.15, 0.2) is 28.8 Å². The van der Waals surface area contributed by atoms with E-state index in [1.54, 1.807) is 0 Å². The van der Waals surface area contributed by atoms with E-state index in [4.69, 9.17) is 8.95 Å². The van der Waals surface area contributed by atoms with Gasteiger partial charge in [0.1, 0.15) is 5.75 Å². The van der Waals surface area contributed by atoms with Gasteiger partial charge in [0.05, 0.1) is 5.69 Å². The Morgan fingerprint density at radius 1 is 1.05 bits per heavy atom. The Morgan fingerprint density at radius 3 is 2.05 bits per heavy atom. The zero-order valence-electron chi connectivity index (χ0n) is 14.1. The van der Waals surface area contributed by atoms with Gasteiger partial charge >= 0.3 is 0 Å².